The summed E-state index contributed by atoms with van der Waals surface area (Å²) in [4.78, 5) is 5.11. The minimum atomic E-state index is 0.552. The largest absolute Gasteiger partial charge is 0.381 e. The average molecular weight is 327 g/mol. The van der Waals surface area contributed by atoms with Crippen molar-refractivity contribution in [3.8, 4) is 0 Å². The molecule has 0 aliphatic carbocycles. The molecule has 5 heteroatoms. The Kier molecular flexibility index (Phi) is 9.46. The van der Waals surface area contributed by atoms with E-state index in [0.717, 1.165) is 13.2 Å². The van der Waals surface area contributed by atoms with E-state index >= 15 is 0 Å². The van der Waals surface area contributed by atoms with Crippen LogP contribution in [0.5, 0.6) is 0 Å². The van der Waals surface area contributed by atoms with Crippen molar-refractivity contribution < 1.29 is 4.74 Å². The molecule has 2 atom stereocenters. The van der Waals surface area contributed by atoms with Crippen molar-refractivity contribution in [3.63, 3.8) is 0 Å². The van der Waals surface area contributed by atoms with Crippen LogP contribution >= 0.6 is 0 Å². The lowest BCUT2D eigenvalue weighted by molar-refractivity contribution is 0.103. The standard InChI is InChI=1S/C18H38N4O/c1-17-19-9-7-13-21(17)11-3-5-15-23-16-6-4-12-22-14-8-10-20-18(22)2/h17-20H,3-16H2,1-2H3. The molecule has 0 radical (unpaired) electrons. The fourth-order valence-corrected chi connectivity index (χ4v) is 3.58. The molecule has 0 saturated carbocycles. The summed E-state index contributed by atoms with van der Waals surface area (Å²) in [6.45, 7) is 13.7. The van der Waals surface area contributed by atoms with Crippen molar-refractivity contribution in [1.29, 1.82) is 0 Å². The average Bonchev–Trinajstić information content (AvgIpc) is 2.56. The second kappa shape index (κ2) is 11.4. The molecule has 2 unspecified atom stereocenters. The van der Waals surface area contributed by atoms with Gasteiger partial charge in [-0.3, -0.25) is 9.80 Å². The minimum absolute atomic E-state index is 0.552. The summed E-state index contributed by atoms with van der Waals surface area (Å²) in [5, 5.41) is 7.05. The molecular weight excluding hydrogens is 288 g/mol. The van der Waals surface area contributed by atoms with Gasteiger partial charge >= 0.3 is 0 Å². The first-order valence-electron chi connectivity index (χ1n) is 9.80. The zero-order chi connectivity index (χ0) is 16.3. The van der Waals surface area contributed by atoms with Gasteiger partial charge in [-0.1, -0.05) is 0 Å². The lowest BCUT2D eigenvalue weighted by Crippen LogP contribution is -2.49. The molecule has 2 N–H and O–H groups in total. The van der Waals surface area contributed by atoms with E-state index in [1.807, 2.05) is 0 Å². The van der Waals surface area contributed by atoms with Crippen LogP contribution in [0, 0.1) is 0 Å². The van der Waals surface area contributed by atoms with Gasteiger partial charge in [-0.25, -0.2) is 0 Å². The van der Waals surface area contributed by atoms with Crippen molar-refractivity contribution in [2.45, 2.75) is 64.7 Å². The van der Waals surface area contributed by atoms with E-state index in [1.54, 1.807) is 0 Å². The van der Waals surface area contributed by atoms with Crippen LogP contribution < -0.4 is 10.6 Å². The van der Waals surface area contributed by atoms with Crippen LogP contribution in [-0.4, -0.2) is 74.6 Å². The molecule has 5 nitrogen and oxygen atoms in total. The summed E-state index contributed by atoms with van der Waals surface area (Å²) in [5.41, 5.74) is 0. The summed E-state index contributed by atoms with van der Waals surface area (Å²) in [6, 6.07) is 0. The van der Waals surface area contributed by atoms with Gasteiger partial charge in [0.25, 0.3) is 0 Å². The monoisotopic (exact) mass is 326 g/mol. The van der Waals surface area contributed by atoms with Crippen molar-refractivity contribution in [2.75, 3.05) is 52.5 Å². The summed E-state index contributed by atoms with van der Waals surface area (Å²) >= 11 is 0. The van der Waals surface area contributed by atoms with E-state index in [9.17, 15) is 0 Å². The molecule has 136 valence electrons. The third-order valence-corrected chi connectivity index (χ3v) is 5.19. The highest BCUT2D eigenvalue weighted by atomic mass is 16.5. The van der Waals surface area contributed by atoms with Gasteiger partial charge in [0.1, 0.15) is 0 Å². The molecule has 2 heterocycles. The zero-order valence-corrected chi connectivity index (χ0v) is 15.4. The summed E-state index contributed by atoms with van der Waals surface area (Å²) in [7, 11) is 0. The van der Waals surface area contributed by atoms with E-state index < -0.39 is 0 Å². The number of unbranched alkanes of at least 4 members (excludes halogenated alkanes) is 2. The first-order valence-corrected chi connectivity index (χ1v) is 9.80. The number of ether oxygens (including phenoxy) is 1. The number of hydrogen-bond donors (Lipinski definition) is 2. The Labute approximate surface area is 143 Å². The van der Waals surface area contributed by atoms with Gasteiger partial charge in [0, 0.05) is 26.3 Å². The molecule has 0 aromatic heterocycles. The highest BCUT2D eigenvalue weighted by molar-refractivity contribution is 4.72. The molecule has 2 saturated heterocycles. The lowest BCUT2D eigenvalue weighted by Gasteiger charge is -2.34. The second-order valence-corrected chi connectivity index (χ2v) is 7.07. The van der Waals surface area contributed by atoms with Gasteiger partial charge in [0.15, 0.2) is 0 Å². The molecule has 0 aromatic rings. The van der Waals surface area contributed by atoms with Crippen LogP contribution in [-0.2, 0) is 4.74 Å². The molecule has 2 rings (SSSR count). The first kappa shape index (κ1) is 19.1. The molecule has 0 amide bonds. The Morgan fingerprint density at radius 2 is 1.26 bits per heavy atom. The molecule has 0 bridgehead atoms. The molecule has 0 aromatic carbocycles. The maximum absolute atomic E-state index is 5.80. The van der Waals surface area contributed by atoms with Crippen LogP contribution in [0.4, 0.5) is 0 Å². The van der Waals surface area contributed by atoms with E-state index in [0.29, 0.717) is 12.3 Å². The predicted octanol–water partition coefficient (Wildman–Crippen LogP) is 1.85. The third kappa shape index (κ3) is 7.48. The highest BCUT2D eigenvalue weighted by Crippen LogP contribution is 2.07. The van der Waals surface area contributed by atoms with E-state index in [2.05, 4.69) is 34.3 Å². The normalized spacial score (nSPS) is 27.4. The molecular formula is C18H38N4O. The Bertz CT molecular complexity index is 275. The van der Waals surface area contributed by atoms with Crippen molar-refractivity contribution >= 4 is 0 Å². The van der Waals surface area contributed by atoms with Gasteiger partial charge in [-0.05, 0) is 78.6 Å². The molecule has 2 fully saturated rings. The molecule has 0 spiro atoms. The minimum Gasteiger partial charge on any atom is -0.381 e. The quantitative estimate of drug-likeness (QED) is 0.600. The van der Waals surface area contributed by atoms with Gasteiger partial charge in [0.05, 0.1) is 12.3 Å². The van der Waals surface area contributed by atoms with E-state index in [1.165, 1.54) is 77.8 Å². The number of nitrogens with one attached hydrogen (secondary N) is 2. The number of rotatable bonds is 10. The maximum Gasteiger partial charge on any atom is 0.0567 e. The van der Waals surface area contributed by atoms with Crippen LogP contribution in [0.2, 0.25) is 0 Å². The van der Waals surface area contributed by atoms with E-state index in [-0.39, 0.29) is 0 Å². The predicted molar refractivity (Wildman–Crippen MR) is 96.6 cm³/mol. The van der Waals surface area contributed by atoms with Gasteiger partial charge in [0.2, 0.25) is 0 Å². The Hall–Kier alpha value is -0.200. The highest BCUT2D eigenvalue weighted by Gasteiger charge is 2.17. The zero-order valence-electron chi connectivity index (χ0n) is 15.4. The Morgan fingerprint density at radius 1 is 0.783 bits per heavy atom. The summed E-state index contributed by atoms with van der Waals surface area (Å²) in [6.07, 6.45) is 8.56. The number of nitrogens with zero attached hydrogens (tertiary/aromatic N) is 2. The van der Waals surface area contributed by atoms with E-state index in [4.69, 9.17) is 4.74 Å². The Morgan fingerprint density at radius 3 is 1.70 bits per heavy atom. The first-order chi connectivity index (χ1) is 11.3. The number of hydrogen-bond acceptors (Lipinski definition) is 5. The molecule has 23 heavy (non-hydrogen) atoms. The third-order valence-electron chi connectivity index (χ3n) is 5.19. The van der Waals surface area contributed by atoms with Crippen molar-refractivity contribution in [1.82, 2.24) is 20.4 Å². The van der Waals surface area contributed by atoms with Gasteiger partial charge < -0.3 is 15.4 Å². The van der Waals surface area contributed by atoms with Crippen LogP contribution in [0.25, 0.3) is 0 Å². The summed E-state index contributed by atoms with van der Waals surface area (Å²) in [5.74, 6) is 0. The van der Waals surface area contributed by atoms with Gasteiger partial charge in [-0.2, -0.15) is 0 Å². The van der Waals surface area contributed by atoms with Crippen LogP contribution in [0.15, 0.2) is 0 Å². The lowest BCUT2D eigenvalue weighted by atomic mass is 10.2. The Balaban J connectivity index is 1.36. The topological polar surface area (TPSA) is 39.8 Å². The fourth-order valence-electron chi connectivity index (χ4n) is 3.58. The SMILES string of the molecule is CC1NCCCN1CCCCOCCCCN1CCCNC1C. The molecule has 2 aliphatic heterocycles. The van der Waals surface area contributed by atoms with Crippen LogP contribution in [0.1, 0.15) is 52.4 Å². The summed E-state index contributed by atoms with van der Waals surface area (Å²) < 4.78 is 5.80. The molecule has 2 aliphatic rings. The van der Waals surface area contributed by atoms with Crippen molar-refractivity contribution in [3.05, 3.63) is 0 Å². The van der Waals surface area contributed by atoms with Crippen LogP contribution in [0.3, 0.4) is 0 Å². The van der Waals surface area contributed by atoms with Gasteiger partial charge in [-0.15, -0.1) is 0 Å². The van der Waals surface area contributed by atoms with Crippen molar-refractivity contribution in [2.24, 2.45) is 0 Å². The smallest absolute Gasteiger partial charge is 0.0567 e. The maximum atomic E-state index is 5.80. The fraction of sp³-hybridized carbons (Fsp3) is 1.00. The second-order valence-electron chi connectivity index (χ2n) is 7.07.